The molecule has 142 valence electrons. The minimum Gasteiger partial charge on any atom is -0.373 e. The molecule has 2 unspecified atom stereocenters. The van der Waals surface area contributed by atoms with Gasteiger partial charge in [0.15, 0.2) is 5.96 Å². The number of nitrogens with zero attached hydrogens (tertiary/aromatic N) is 1. The van der Waals surface area contributed by atoms with E-state index < -0.39 is 12.6 Å². The van der Waals surface area contributed by atoms with Crippen LogP contribution in [0.3, 0.4) is 0 Å². The smallest absolute Gasteiger partial charge is 0.373 e. The van der Waals surface area contributed by atoms with Crippen molar-refractivity contribution in [1.29, 1.82) is 0 Å². The first kappa shape index (κ1) is 22.0. The van der Waals surface area contributed by atoms with E-state index in [0.29, 0.717) is 12.5 Å². The van der Waals surface area contributed by atoms with Crippen LogP contribution in [0.5, 0.6) is 0 Å². The average molecular weight is 471 g/mol. The summed E-state index contributed by atoms with van der Waals surface area (Å²) >= 11 is 0. The highest BCUT2D eigenvalue weighted by Gasteiger charge is 2.28. The number of ether oxygens (including phenoxy) is 1. The summed E-state index contributed by atoms with van der Waals surface area (Å²) in [5, 5.41) is 5.81. The van der Waals surface area contributed by atoms with Gasteiger partial charge in [-0.1, -0.05) is 30.3 Å². The second-order valence-corrected chi connectivity index (χ2v) is 5.85. The molecular formula is C17H25F3IN3O. The highest BCUT2D eigenvalue weighted by Crippen LogP contribution is 2.33. The maximum absolute atomic E-state index is 12.2. The van der Waals surface area contributed by atoms with Gasteiger partial charge in [-0.3, -0.25) is 4.99 Å². The summed E-state index contributed by atoms with van der Waals surface area (Å²) in [6.07, 6.45) is -3.06. The molecule has 2 N–H and O–H groups in total. The van der Waals surface area contributed by atoms with E-state index in [-0.39, 0.29) is 42.5 Å². The summed E-state index contributed by atoms with van der Waals surface area (Å²) < 4.78 is 42.5. The highest BCUT2D eigenvalue weighted by molar-refractivity contribution is 14.0. The van der Waals surface area contributed by atoms with Crippen molar-refractivity contribution < 1.29 is 17.9 Å². The van der Waals surface area contributed by atoms with Crippen LogP contribution in [0, 0.1) is 5.92 Å². The van der Waals surface area contributed by atoms with E-state index in [1.165, 1.54) is 0 Å². The predicted molar refractivity (Wildman–Crippen MR) is 103 cm³/mol. The molecule has 1 aliphatic rings. The van der Waals surface area contributed by atoms with E-state index in [2.05, 4.69) is 15.6 Å². The molecule has 25 heavy (non-hydrogen) atoms. The number of nitrogens with one attached hydrogen (secondary N) is 2. The minimum absolute atomic E-state index is 0. The number of guanidine groups is 1. The van der Waals surface area contributed by atoms with Gasteiger partial charge < -0.3 is 15.4 Å². The average Bonchev–Trinajstić information content (AvgIpc) is 2.58. The van der Waals surface area contributed by atoms with E-state index in [9.17, 15) is 13.2 Å². The molecular weight excluding hydrogens is 446 g/mol. The lowest BCUT2D eigenvalue weighted by molar-refractivity contribution is -0.132. The first-order valence-electron chi connectivity index (χ1n) is 8.17. The monoisotopic (exact) mass is 471 g/mol. The zero-order valence-electron chi connectivity index (χ0n) is 14.2. The number of rotatable bonds is 5. The van der Waals surface area contributed by atoms with E-state index in [1.54, 1.807) is 7.05 Å². The molecule has 2 atom stereocenters. The maximum atomic E-state index is 12.2. The molecule has 1 heterocycles. The molecule has 1 aromatic rings. The molecule has 1 saturated heterocycles. The Morgan fingerprint density at radius 3 is 2.60 bits per heavy atom. The second-order valence-electron chi connectivity index (χ2n) is 5.85. The molecule has 0 aliphatic carbocycles. The van der Waals surface area contributed by atoms with Gasteiger partial charge >= 0.3 is 6.18 Å². The molecule has 2 rings (SSSR count). The van der Waals surface area contributed by atoms with Crippen molar-refractivity contribution in [3.63, 3.8) is 0 Å². The molecule has 1 aromatic carbocycles. The van der Waals surface area contributed by atoms with Crippen molar-refractivity contribution in [1.82, 2.24) is 10.6 Å². The number of hydrogen-bond acceptors (Lipinski definition) is 2. The van der Waals surface area contributed by atoms with E-state index in [4.69, 9.17) is 4.74 Å². The van der Waals surface area contributed by atoms with Crippen molar-refractivity contribution in [2.24, 2.45) is 10.9 Å². The zero-order chi connectivity index (χ0) is 17.4. The Hall–Kier alpha value is -1.03. The van der Waals surface area contributed by atoms with Gasteiger partial charge in [0.2, 0.25) is 0 Å². The molecule has 1 aliphatic heterocycles. The Balaban J connectivity index is 0.00000312. The van der Waals surface area contributed by atoms with Crippen LogP contribution < -0.4 is 10.6 Å². The quantitative estimate of drug-likeness (QED) is 0.389. The summed E-state index contributed by atoms with van der Waals surface area (Å²) in [5.74, 6) is 0.638. The zero-order valence-corrected chi connectivity index (χ0v) is 16.5. The van der Waals surface area contributed by atoms with Crippen molar-refractivity contribution >= 4 is 29.9 Å². The third-order valence-corrected chi connectivity index (χ3v) is 4.03. The molecule has 0 aromatic heterocycles. The van der Waals surface area contributed by atoms with Gasteiger partial charge in [-0.2, -0.15) is 13.2 Å². The highest BCUT2D eigenvalue weighted by atomic mass is 127. The molecule has 0 amide bonds. The van der Waals surface area contributed by atoms with Gasteiger partial charge in [-0.15, -0.1) is 24.0 Å². The maximum Gasteiger partial charge on any atom is 0.390 e. The number of benzene rings is 1. The fourth-order valence-electron chi connectivity index (χ4n) is 2.83. The largest absolute Gasteiger partial charge is 0.390 e. The van der Waals surface area contributed by atoms with E-state index >= 15 is 0 Å². The van der Waals surface area contributed by atoms with Crippen molar-refractivity contribution in [2.75, 3.05) is 26.7 Å². The van der Waals surface area contributed by atoms with Crippen molar-refractivity contribution in [3.8, 4) is 0 Å². The number of hydrogen-bond donors (Lipinski definition) is 2. The number of alkyl halides is 3. The molecule has 0 bridgehead atoms. The fourth-order valence-corrected chi connectivity index (χ4v) is 2.83. The lowest BCUT2D eigenvalue weighted by Gasteiger charge is -2.32. The van der Waals surface area contributed by atoms with Crippen LogP contribution in [0.2, 0.25) is 0 Å². The summed E-state index contributed by atoms with van der Waals surface area (Å²) in [6, 6.07) is 10.0. The van der Waals surface area contributed by atoms with Gasteiger partial charge in [0.1, 0.15) is 0 Å². The Kier molecular flexibility index (Phi) is 9.55. The normalized spacial score (nSPS) is 21.4. The Labute approximate surface area is 163 Å². The second kappa shape index (κ2) is 10.8. The molecule has 0 spiro atoms. The summed E-state index contributed by atoms with van der Waals surface area (Å²) in [5.41, 5.74) is 1.13. The first-order valence-corrected chi connectivity index (χ1v) is 8.17. The third kappa shape index (κ3) is 7.81. The lowest BCUT2D eigenvalue weighted by atomic mass is 9.89. The van der Waals surface area contributed by atoms with Crippen molar-refractivity contribution in [2.45, 2.75) is 31.5 Å². The SMILES string of the molecule is CN=C(NCCC(F)(F)F)NCC1CCCOC1c1ccccc1.I. The van der Waals surface area contributed by atoms with Crippen LogP contribution in [0.4, 0.5) is 13.2 Å². The first-order chi connectivity index (χ1) is 11.5. The molecule has 1 fully saturated rings. The van der Waals surface area contributed by atoms with Crippen LogP contribution in [0.25, 0.3) is 0 Å². The lowest BCUT2D eigenvalue weighted by Crippen LogP contribution is -2.42. The van der Waals surface area contributed by atoms with Gasteiger partial charge in [-0.25, -0.2) is 0 Å². The summed E-state index contributed by atoms with van der Waals surface area (Å²) in [4.78, 5) is 3.98. The number of halogens is 4. The molecule has 4 nitrogen and oxygen atoms in total. The molecule has 8 heteroatoms. The van der Waals surface area contributed by atoms with Crippen LogP contribution >= 0.6 is 24.0 Å². The minimum atomic E-state index is -4.17. The van der Waals surface area contributed by atoms with E-state index in [0.717, 1.165) is 25.0 Å². The van der Waals surface area contributed by atoms with Crippen molar-refractivity contribution in [3.05, 3.63) is 35.9 Å². The van der Waals surface area contributed by atoms with E-state index in [1.807, 2.05) is 30.3 Å². The molecule has 0 saturated carbocycles. The predicted octanol–water partition coefficient (Wildman–Crippen LogP) is 3.89. The topological polar surface area (TPSA) is 45.7 Å². The fraction of sp³-hybridized carbons (Fsp3) is 0.588. The van der Waals surface area contributed by atoms with Crippen LogP contribution in [-0.2, 0) is 4.74 Å². The summed E-state index contributed by atoms with van der Waals surface area (Å²) in [6.45, 7) is 1.15. The standard InChI is InChI=1S/C17H24F3N3O.HI/c1-21-16(22-10-9-17(18,19)20)23-12-14-8-5-11-24-15(14)13-6-3-2-4-7-13;/h2-4,6-7,14-15H,5,8-12H2,1H3,(H2,21,22,23);1H. The Morgan fingerprint density at radius 2 is 1.96 bits per heavy atom. The molecule has 0 radical (unpaired) electrons. The summed E-state index contributed by atoms with van der Waals surface area (Å²) in [7, 11) is 1.55. The van der Waals surface area contributed by atoms with Gasteiger partial charge in [-0.05, 0) is 18.4 Å². The van der Waals surface area contributed by atoms with Crippen LogP contribution in [-0.4, -0.2) is 38.9 Å². The van der Waals surface area contributed by atoms with Gasteiger partial charge in [0.05, 0.1) is 12.5 Å². The third-order valence-electron chi connectivity index (χ3n) is 4.03. The van der Waals surface area contributed by atoms with Gasteiger partial charge in [0, 0.05) is 32.7 Å². The van der Waals surface area contributed by atoms with Gasteiger partial charge in [0.25, 0.3) is 0 Å². The Bertz CT molecular complexity index is 526. The van der Waals surface area contributed by atoms with Crippen LogP contribution in [0.15, 0.2) is 35.3 Å². The number of aliphatic imine (C=N–C) groups is 1. The Morgan fingerprint density at radius 1 is 1.24 bits per heavy atom. The van der Waals surface area contributed by atoms with Crippen LogP contribution in [0.1, 0.15) is 30.9 Å².